The first-order valence-corrected chi connectivity index (χ1v) is 9.43. The van der Waals surface area contributed by atoms with Gasteiger partial charge in [0.1, 0.15) is 11.6 Å². The lowest BCUT2D eigenvalue weighted by molar-refractivity contribution is -0.139. The minimum atomic E-state index is -1.10. The van der Waals surface area contributed by atoms with E-state index in [4.69, 9.17) is 0 Å². The summed E-state index contributed by atoms with van der Waals surface area (Å²) in [6.45, 7) is 0. The number of hydrogen-bond acceptors (Lipinski definition) is 3. The molecule has 0 aliphatic rings. The number of carbonyl (C=O) groups excluding carboxylic acids is 1. The second-order valence-electron chi connectivity index (χ2n) is 7.01. The van der Waals surface area contributed by atoms with Crippen molar-refractivity contribution in [1.29, 1.82) is 0 Å². The molecule has 1 aromatic heterocycles. The van der Waals surface area contributed by atoms with E-state index in [9.17, 15) is 23.5 Å². The van der Waals surface area contributed by atoms with Gasteiger partial charge in [0.2, 0.25) is 5.91 Å². The number of nitrogens with one attached hydrogen (secondary N) is 2. The van der Waals surface area contributed by atoms with Crippen LogP contribution in [0.1, 0.15) is 17.9 Å². The Bertz CT molecular complexity index is 1270. The van der Waals surface area contributed by atoms with E-state index < -0.39 is 29.4 Å². The molecular weight excluding hydrogens is 404 g/mol. The summed E-state index contributed by atoms with van der Waals surface area (Å²) in [7, 11) is 0. The Kier molecular flexibility index (Phi) is 5.44. The van der Waals surface area contributed by atoms with Gasteiger partial charge in [-0.2, -0.15) is 5.10 Å². The van der Waals surface area contributed by atoms with Gasteiger partial charge in [0, 0.05) is 17.0 Å². The third kappa shape index (κ3) is 4.28. The summed E-state index contributed by atoms with van der Waals surface area (Å²) in [6.07, 6.45) is -0.369. The number of aromatic nitrogens is 2. The molecule has 1 amide bonds. The lowest BCUT2D eigenvalue weighted by atomic mass is 9.95. The molecule has 0 spiro atoms. The number of nitrogens with zero attached hydrogens (tertiary/aromatic N) is 1. The normalized spacial score (nSPS) is 11.9. The number of halogens is 2. The van der Waals surface area contributed by atoms with E-state index in [1.54, 1.807) is 48.5 Å². The van der Waals surface area contributed by atoms with Gasteiger partial charge in [-0.25, -0.2) is 8.78 Å². The molecule has 0 radical (unpaired) electrons. The summed E-state index contributed by atoms with van der Waals surface area (Å²) in [5, 5.41) is 19.3. The lowest BCUT2D eigenvalue weighted by Crippen LogP contribution is -2.23. The van der Waals surface area contributed by atoms with Crippen molar-refractivity contribution in [3.8, 4) is 11.1 Å². The lowest BCUT2D eigenvalue weighted by Gasteiger charge is -2.14. The highest BCUT2D eigenvalue weighted by atomic mass is 19.1. The number of H-pyrrole nitrogens is 1. The molecule has 156 valence electrons. The highest BCUT2D eigenvalue weighted by Crippen LogP contribution is 2.30. The SMILES string of the molecule is O=C(O)CC(C(=O)Nc1n[nH]c2cc(-c3ccc(F)cc3F)ccc12)c1ccccc1. The van der Waals surface area contributed by atoms with Gasteiger partial charge in [0.05, 0.1) is 17.9 Å². The van der Waals surface area contributed by atoms with Crippen LogP contribution in [-0.4, -0.2) is 27.2 Å². The fraction of sp³-hybridized carbons (Fsp3) is 0.0870. The van der Waals surface area contributed by atoms with Crippen molar-refractivity contribution in [2.75, 3.05) is 5.32 Å². The molecule has 0 aliphatic heterocycles. The monoisotopic (exact) mass is 421 g/mol. The number of carboxylic acids is 1. The standard InChI is InChI=1S/C23H17F2N3O3/c24-15-7-9-16(19(25)11-15)14-6-8-17-20(10-14)27-28-22(17)26-23(31)18(12-21(29)30)13-4-2-1-3-5-13/h1-11,18H,12H2,(H,29,30)(H2,26,27,28,31). The number of fused-ring (bicyclic) bond motifs is 1. The molecular formula is C23H17F2N3O3. The van der Waals surface area contributed by atoms with Crippen LogP contribution in [0.2, 0.25) is 0 Å². The summed E-state index contributed by atoms with van der Waals surface area (Å²) in [5.74, 6) is -3.61. The van der Waals surface area contributed by atoms with E-state index in [1.165, 1.54) is 12.1 Å². The molecule has 3 N–H and O–H groups in total. The number of rotatable bonds is 6. The van der Waals surface area contributed by atoms with Crippen molar-refractivity contribution in [2.24, 2.45) is 0 Å². The summed E-state index contributed by atoms with van der Waals surface area (Å²) < 4.78 is 27.3. The van der Waals surface area contributed by atoms with E-state index in [0.29, 0.717) is 22.0 Å². The number of aliphatic carboxylic acids is 1. The van der Waals surface area contributed by atoms with Crippen molar-refractivity contribution in [1.82, 2.24) is 10.2 Å². The second kappa shape index (κ2) is 8.35. The van der Waals surface area contributed by atoms with Crippen molar-refractivity contribution in [3.05, 3.63) is 83.9 Å². The molecule has 31 heavy (non-hydrogen) atoms. The third-order valence-corrected chi connectivity index (χ3v) is 4.94. The van der Waals surface area contributed by atoms with Crippen LogP contribution in [-0.2, 0) is 9.59 Å². The average Bonchev–Trinajstić information content (AvgIpc) is 3.14. The molecule has 0 fully saturated rings. The summed E-state index contributed by atoms with van der Waals surface area (Å²) >= 11 is 0. The number of aromatic amines is 1. The van der Waals surface area contributed by atoms with Crippen LogP contribution in [0, 0.1) is 11.6 Å². The predicted octanol–water partition coefficient (Wildman–Crippen LogP) is 4.71. The predicted molar refractivity (Wildman–Crippen MR) is 112 cm³/mol. The van der Waals surface area contributed by atoms with Crippen LogP contribution < -0.4 is 5.32 Å². The van der Waals surface area contributed by atoms with Crippen molar-refractivity contribution in [2.45, 2.75) is 12.3 Å². The average molecular weight is 421 g/mol. The number of anilines is 1. The third-order valence-electron chi connectivity index (χ3n) is 4.94. The Hall–Kier alpha value is -4.07. The van der Waals surface area contributed by atoms with Crippen LogP contribution in [0.25, 0.3) is 22.0 Å². The number of carboxylic acid groups (broad SMARTS) is 1. The van der Waals surface area contributed by atoms with Gasteiger partial charge in [-0.15, -0.1) is 0 Å². The maximum absolute atomic E-state index is 14.1. The first-order chi connectivity index (χ1) is 14.9. The Morgan fingerprint density at radius 3 is 2.52 bits per heavy atom. The van der Waals surface area contributed by atoms with Gasteiger partial charge in [0.15, 0.2) is 5.82 Å². The summed E-state index contributed by atoms with van der Waals surface area (Å²) in [4.78, 5) is 24.1. The van der Waals surface area contributed by atoms with Crippen LogP contribution in [0.5, 0.6) is 0 Å². The number of benzene rings is 3. The van der Waals surface area contributed by atoms with Gasteiger partial charge in [-0.1, -0.05) is 36.4 Å². The Morgan fingerprint density at radius 2 is 1.81 bits per heavy atom. The Morgan fingerprint density at radius 1 is 1.03 bits per heavy atom. The Balaban J connectivity index is 1.62. The molecule has 1 heterocycles. The Labute approximate surface area is 175 Å². The molecule has 0 saturated carbocycles. The molecule has 8 heteroatoms. The summed E-state index contributed by atoms with van der Waals surface area (Å²) in [6, 6.07) is 16.9. The number of carbonyl (C=O) groups is 2. The smallest absolute Gasteiger partial charge is 0.304 e. The fourth-order valence-electron chi connectivity index (χ4n) is 3.43. The van der Waals surface area contributed by atoms with Crippen LogP contribution in [0.15, 0.2) is 66.7 Å². The highest BCUT2D eigenvalue weighted by molar-refractivity contribution is 6.03. The van der Waals surface area contributed by atoms with E-state index in [0.717, 1.165) is 6.07 Å². The minimum absolute atomic E-state index is 0.231. The zero-order chi connectivity index (χ0) is 22.0. The van der Waals surface area contributed by atoms with Gasteiger partial charge in [0.25, 0.3) is 0 Å². The van der Waals surface area contributed by atoms with E-state index >= 15 is 0 Å². The van der Waals surface area contributed by atoms with Crippen LogP contribution >= 0.6 is 0 Å². The molecule has 0 aliphatic carbocycles. The van der Waals surface area contributed by atoms with Crippen molar-refractivity contribution < 1.29 is 23.5 Å². The van der Waals surface area contributed by atoms with Gasteiger partial charge in [-0.3, -0.25) is 14.7 Å². The number of hydrogen-bond donors (Lipinski definition) is 3. The minimum Gasteiger partial charge on any atom is -0.481 e. The first kappa shape index (κ1) is 20.2. The molecule has 0 bridgehead atoms. The molecule has 4 rings (SSSR count). The maximum Gasteiger partial charge on any atom is 0.304 e. The highest BCUT2D eigenvalue weighted by Gasteiger charge is 2.25. The largest absolute Gasteiger partial charge is 0.481 e. The van der Waals surface area contributed by atoms with Gasteiger partial charge in [-0.05, 0) is 35.4 Å². The zero-order valence-corrected chi connectivity index (χ0v) is 16.1. The summed E-state index contributed by atoms with van der Waals surface area (Å²) in [5.41, 5.74) is 1.86. The van der Waals surface area contributed by atoms with Crippen LogP contribution in [0.3, 0.4) is 0 Å². The van der Waals surface area contributed by atoms with Gasteiger partial charge < -0.3 is 10.4 Å². The number of amides is 1. The second-order valence-corrected chi connectivity index (χ2v) is 7.01. The van der Waals surface area contributed by atoms with Crippen LogP contribution in [0.4, 0.5) is 14.6 Å². The molecule has 3 aromatic carbocycles. The molecule has 6 nitrogen and oxygen atoms in total. The topological polar surface area (TPSA) is 95.1 Å². The molecule has 4 aromatic rings. The first-order valence-electron chi connectivity index (χ1n) is 9.43. The molecule has 1 unspecified atom stereocenters. The quantitative estimate of drug-likeness (QED) is 0.420. The molecule has 1 atom stereocenters. The van der Waals surface area contributed by atoms with E-state index in [1.807, 2.05) is 0 Å². The van der Waals surface area contributed by atoms with E-state index in [-0.39, 0.29) is 17.8 Å². The van der Waals surface area contributed by atoms with Crippen molar-refractivity contribution in [3.63, 3.8) is 0 Å². The van der Waals surface area contributed by atoms with E-state index in [2.05, 4.69) is 15.5 Å². The fourth-order valence-corrected chi connectivity index (χ4v) is 3.43. The van der Waals surface area contributed by atoms with Gasteiger partial charge >= 0.3 is 5.97 Å². The zero-order valence-electron chi connectivity index (χ0n) is 16.1. The molecule has 0 saturated heterocycles. The van der Waals surface area contributed by atoms with Crippen molar-refractivity contribution >= 4 is 28.6 Å². The maximum atomic E-state index is 14.1.